The van der Waals surface area contributed by atoms with Gasteiger partial charge in [0.15, 0.2) is 5.78 Å². The zero-order valence-electron chi connectivity index (χ0n) is 18.0. The standard InChI is InChI=1S/C25H29NO4.ClH/c1-2-28-22-10-11-23-24(17-22)30-18-20(25(23)27)16-19-6-8-21(9-7-19)29-15-14-26-12-4-3-5-13-26;/h6-11,16-17H,2-5,12-15,18H2,1H3;1H/b20-16+;. The number of likely N-dealkylation sites (tertiary alicyclic amines) is 1. The molecule has 0 saturated carbocycles. The van der Waals surface area contributed by atoms with E-state index in [1.807, 2.05) is 43.3 Å². The van der Waals surface area contributed by atoms with E-state index in [4.69, 9.17) is 14.2 Å². The predicted molar refractivity (Wildman–Crippen MR) is 125 cm³/mol. The highest BCUT2D eigenvalue weighted by molar-refractivity contribution is 6.14. The van der Waals surface area contributed by atoms with Gasteiger partial charge in [-0.25, -0.2) is 0 Å². The van der Waals surface area contributed by atoms with Gasteiger partial charge in [-0.3, -0.25) is 9.69 Å². The van der Waals surface area contributed by atoms with Crippen LogP contribution >= 0.6 is 12.4 Å². The van der Waals surface area contributed by atoms with Gasteiger partial charge >= 0.3 is 0 Å². The lowest BCUT2D eigenvalue weighted by Crippen LogP contribution is -2.33. The average molecular weight is 444 g/mol. The highest BCUT2D eigenvalue weighted by Crippen LogP contribution is 2.31. The van der Waals surface area contributed by atoms with Crippen LogP contribution in [-0.4, -0.2) is 50.1 Å². The second-order valence-electron chi connectivity index (χ2n) is 7.70. The topological polar surface area (TPSA) is 48.0 Å². The van der Waals surface area contributed by atoms with Gasteiger partial charge in [-0.15, -0.1) is 12.4 Å². The molecule has 31 heavy (non-hydrogen) atoms. The van der Waals surface area contributed by atoms with Crippen molar-refractivity contribution in [2.45, 2.75) is 26.2 Å². The van der Waals surface area contributed by atoms with Crippen LogP contribution in [-0.2, 0) is 0 Å². The lowest BCUT2D eigenvalue weighted by atomic mass is 9.98. The van der Waals surface area contributed by atoms with Crippen LogP contribution in [0.25, 0.3) is 6.08 Å². The summed E-state index contributed by atoms with van der Waals surface area (Å²) in [6.07, 6.45) is 5.83. The number of Topliss-reactive ketones (excluding diaryl/α,β-unsaturated/α-hetero) is 1. The van der Waals surface area contributed by atoms with E-state index in [9.17, 15) is 4.79 Å². The molecule has 2 aliphatic rings. The van der Waals surface area contributed by atoms with Gasteiger partial charge in [0.25, 0.3) is 0 Å². The Kier molecular flexibility index (Phi) is 8.38. The molecule has 0 spiro atoms. The molecular weight excluding hydrogens is 414 g/mol. The summed E-state index contributed by atoms with van der Waals surface area (Å²) in [5, 5.41) is 0. The lowest BCUT2D eigenvalue weighted by molar-refractivity contribution is 0.100. The second kappa shape index (κ2) is 11.2. The van der Waals surface area contributed by atoms with Crippen LogP contribution in [0.15, 0.2) is 48.0 Å². The number of ketones is 1. The quantitative estimate of drug-likeness (QED) is 0.561. The average Bonchev–Trinajstić information content (AvgIpc) is 2.78. The molecule has 0 atom stereocenters. The molecule has 2 aromatic carbocycles. The summed E-state index contributed by atoms with van der Waals surface area (Å²) in [4.78, 5) is 15.3. The molecule has 6 heteroatoms. The van der Waals surface area contributed by atoms with Crippen molar-refractivity contribution in [3.8, 4) is 17.2 Å². The smallest absolute Gasteiger partial charge is 0.196 e. The van der Waals surface area contributed by atoms with Crippen LogP contribution in [0, 0.1) is 0 Å². The molecule has 2 heterocycles. The Hall–Kier alpha value is -2.50. The SMILES string of the molecule is CCOc1ccc2c(c1)OC/C(=C\c1ccc(OCCN3CCCCC3)cc1)C2=O.Cl. The Labute approximate surface area is 190 Å². The summed E-state index contributed by atoms with van der Waals surface area (Å²) in [5.74, 6) is 2.16. The number of fused-ring (bicyclic) bond motifs is 1. The fraction of sp³-hybridized carbons (Fsp3) is 0.400. The Bertz CT molecular complexity index is 904. The van der Waals surface area contributed by atoms with Crippen LogP contribution in [0.3, 0.4) is 0 Å². The number of piperidine rings is 1. The normalized spacial score (nSPS) is 17.5. The molecule has 0 amide bonds. The third-order valence-electron chi connectivity index (χ3n) is 5.53. The van der Waals surface area contributed by atoms with Crippen LogP contribution in [0.2, 0.25) is 0 Å². The van der Waals surface area contributed by atoms with E-state index in [0.29, 0.717) is 35.8 Å². The fourth-order valence-electron chi connectivity index (χ4n) is 3.90. The van der Waals surface area contributed by atoms with Gasteiger partial charge in [0.1, 0.15) is 30.5 Å². The minimum atomic E-state index is 0. The number of ether oxygens (including phenoxy) is 3. The molecule has 1 fully saturated rings. The first kappa shape index (κ1) is 23.2. The van der Waals surface area contributed by atoms with Crippen molar-refractivity contribution in [3.63, 3.8) is 0 Å². The minimum absolute atomic E-state index is 0. The molecule has 5 nitrogen and oxygen atoms in total. The van der Waals surface area contributed by atoms with Crippen LogP contribution in [0.1, 0.15) is 42.1 Å². The van der Waals surface area contributed by atoms with Crippen molar-refractivity contribution in [1.29, 1.82) is 0 Å². The zero-order valence-corrected chi connectivity index (χ0v) is 18.8. The van der Waals surface area contributed by atoms with Gasteiger partial charge < -0.3 is 14.2 Å². The highest BCUT2D eigenvalue weighted by Gasteiger charge is 2.23. The summed E-state index contributed by atoms with van der Waals surface area (Å²) in [6, 6.07) is 13.2. The number of carbonyl (C=O) groups is 1. The first-order valence-electron chi connectivity index (χ1n) is 10.8. The highest BCUT2D eigenvalue weighted by atomic mass is 35.5. The minimum Gasteiger partial charge on any atom is -0.494 e. The first-order valence-corrected chi connectivity index (χ1v) is 10.8. The summed E-state index contributed by atoms with van der Waals surface area (Å²) < 4.78 is 17.2. The van der Waals surface area contributed by atoms with E-state index in [1.165, 1.54) is 32.4 Å². The van der Waals surface area contributed by atoms with Crippen LogP contribution < -0.4 is 14.2 Å². The maximum Gasteiger partial charge on any atom is 0.196 e. The summed E-state index contributed by atoms with van der Waals surface area (Å²) in [5.41, 5.74) is 2.18. The molecule has 1 saturated heterocycles. The molecule has 0 radical (unpaired) electrons. The van der Waals surface area contributed by atoms with Gasteiger partial charge in [-0.05, 0) is 68.8 Å². The summed E-state index contributed by atoms with van der Waals surface area (Å²) >= 11 is 0. The van der Waals surface area contributed by atoms with Gasteiger partial charge in [0, 0.05) is 18.2 Å². The molecule has 2 aliphatic heterocycles. The molecular formula is C25H30ClNO4. The second-order valence-corrected chi connectivity index (χ2v) is 7.70. The summed E-state index contributed by atoms with van der Waals surface area (Å²) in [7, 11) is 0. The van der Waals surface area contributed by atoms with Crippen LogP contribution in [0.5, 0.6) is 17.2 Å². The van der Waals surface area contributed by atoms with E-state index in [1.54, 1.807) is 12.1 Å². The molecule has 4 rings (SSSR count). The monoisotopic (exact) mass is 443 g/mol. The van der Waals surface area contributed by atoms with Crippen LogP contribution in [0.4, 0.5) is 0 Å². The Morgan fingerprint density at radius 3 is 2.48 bits per heavy atom. The molecule has 0 unspecified atom stereocenters. The number of rotatable bonds is 7. The Morgan fingerprint density at radius 1 is 1.00 bits per heavy atom. The third kappa shape index (κ3) is 6.02. The van der Waals surface area contributed by atoms with E-state index in [0.717, 1.165) is 17.9 Å². The third-order valence-corrected chi connectivity index (χ3v) is 5.53. The van der Waals surface area contributed by atoms with E-state index >= 15 is 0 Å². The van der Waals surface area contributed by atoms with E-state index < -0.39 is 0 Å². The van der Waals surface area contributed by atoms with Crippen molar-refractivity contribution < 1.29 is 19.0 Å². The largest absolute Gasteiger partial charge is 0.494 e. The van der Waals surface area contributed by atoms with Gasteiger partial charge in [0.05, 0.1) is 12.2 Å². The first-order chi connectivity index (χ1) is 14.7. The van der Waals surface area contributed by atoms with Crippen molar-refractivity contribution in [2.24, 2.45) is 0 Å². The molecule has 0 bridgehead atoms. The number of benzene rings is 2. The van der Waals surface area contributed by atoms with Crippen molar-refractivity contribution in [3.05, 3.63) is 59.2 Å². The molecule has 166 valence electrons. The van der Waals surface area contributed by atoms with Gasteiger partial charge in [0.2, 0.25) is 0 Å². The predicted octanol–water partition coefficient (Wildman–Crippen LogP) is 5.03. The Morgan fingerprint density at radius 2 is 1.74 bits per heavy atom. The van der Waals surface area contributed by atoms with Crippen molar-refractivity contribution in [1.82, 2.24) is 4.90 Å². The lowest BCUT2D eigenvalue weighted by Gasteiger charge is -2.26. The molecule has 0 aliphatic carbocycles. The number of carbonyl (C=O) groups excluding carboxylic acids is 1. The fourth-order valence-corrected chi connectivity index (χ4v) is 3.90. The van der Waals surface area contributed by atoms with E-state index in [2.05, 4.69) is 4.90 Å². The van der Waals surface area contributed by atoms with Gasteiger partial charge in [-0.2, -0.15) is 0 Å². The number of hydrogen-bond donors (Lipinski definition) is 0. The number of halogens is 1. The maximum absolute atomic E-state index is 12.8. The van der Waals surface area contributed by atoms with Crippen molar-refractivity contribution >= 4 is 24.3 Å². The molecule has 0 aromatic heterocycles. The van der Waals surface area contributed by atoms with E-state index in [-0.39, 0.29) is 24.8 Å². The molecule has 2 aromatic rings. The van der Waals surface area contributed by atoms with Crippen molar-refractivity contribution in [2.75, 3.05) is 39.5 Å². The number of hydrogen-bond acceptors (Lipinski definition) is 5. The number of nitrogens with zero attached hydrogens (tertiary/aromatic N) is 1. The zero-order chi connectivity index (χ0) is 20.8. The Balaban J connectivity index is 0.00000272. The maximum atomic E-state index is 12.8. The summed E-state index contributed by atoms with van der Waals surface area (Å²) in [6.45, 7) is 6.81. The van der Waals surface area contributed by atoms with Gasteiger partial charge in [-0.1, -0.05) is 18.6 Å². The molecule has 0 N–H and O–H groups in total.